The molecule has 0 spiro atoms. The lowest BCUT2D eigenvalue weighted by atomic mass is 9.86. The van der Waals surface area contributed by atoms with Gasteiger partial charge in [0.15, 0.2) is 5.82 Å². The fraction of sp³-hybridized carbons (Fsp3) is 0.867. The molecule has 116 valence electrons. The number of amides is 1. The molecule has 1 N–H and O–H groups in total. The number of nitrogens with zero attached hydrogens (tertiary/aromatic N) is 4. The molecule has 1 aromatic heterocycles. The molecular formula is C15H25N5O. The van der Waals surface area contributed by atoms with E-state index in [0.29, 0.717) is 12.3 Å². The standard InChI is InChI=1S/C15H25N5O/c21-14(8-4-7-12-5-2-1-3-6-12)20-10-9-13(11-20)15-16-18-19-17-15/h12-13H,1-11H2,(H,16,17,18,19). The third-order valence-electron chi connectivity index (χ3n) is 5.00. The van der Waals surface area contributed by atoms with Crippen molar-refractivity contribution in [3.8, 4) is 0 Å². The van der Waals surface area contributed by atoms with E-state index in [9.17, 15) is 4.79 Å². The second-order valence-electron chi connectivity index (χ2n) is 6.49. The number of hydrogen-bond acceptors (Lipinski definition) is 4. The number of likely N-dealkylation sites (tertiary alicyclic amines) is 1. The van der Waals surface area contributed by atoms with Crippen LogP contribution in [0, 0.1) is 5.92 Å². The van der Waals surface area contributed by atoms with Crippen LogP contribution in [0.3, 0.4) is 0 Å². The number of tetrazole rings is 1. The van der Waals surface area contributed by atoms with Crippen molar-refractivity contribution in [1.82, 2.24) is 25.5 Å². The first-order chi connectivity index (χ1) is 10.3. The van der Waals surface area contributed by atoms with Crippen molar-refractivity contribution in [3.05, 3.63) is 5.82 Å². The van der Waals surface area contributed by atoms with Crippen molar-refractivity contribution >= 4 is 5.91 Å². The van der Waals surface area contributed by atoms with Crippen LogP contribution in [-0.4, -0.2) is 44.5 Å². The summed E-state index contributed by atoms with van der Waals surface area (Å²) < 4.78 is 0. The summed E-state index contributed by atoms with van der Waals surface area (Å²) in [6.07, 6.45) is 10.9. The average molecular weight is 291 g/mol. The minimum absolute atomic E-state index is 0.256. The van der Waals surface area contributed by atoms with Crippen LogP contribution in [0.4, 0.5) is 0 Å². The molecule has 3 rings (SSSR count). The van der Waals surface area contributed by atoms with Gasteiger partial charge in [-0.15, -0.1) is 10.2 Å². The van der Waals surface area contributed by atoms with E-state index in [0.717, 1.165) is 37.7 Å². The second-order valence-corrected chi connectivity index (χ2v) is 6.49. The minimum atomic E-state index is 0.256. The number of H-pyrrole nitrogens is 1. The van der Waals surface area contributed by atoms with E-state index in [4.69, 9.17) is 0 Å². The van der Waals surface area contributed by atoms with Crippen molar-refractivity contribution < 1.29 is 4.79 Å². The first-order valence-electron chi connectivity index (χ1n) is 8.34. The molecule has 6 nitrogen and oxygen atoms in total. The zero-order valence-corrected chi connectivity index (χ0v) is 12.6. The molecule has 0 radical (unpaired) electrons. The fourth-order valence-electron chi connectivity index (χ4n) is 3.72. The summed E-state index contributed by atoms with van der Waals surface area (Å²) in [7, 11) is 0. The Bertz CT molecular complexity index is 441. The lowest BCUT2D eigenvalue weighted by molar-refractivity contribution is -0.130. The summed E-state index contributed by atoms with van der Waals surface area (Å²) in [5, 5.41) is 14.1. The van der Waals surface area contributed by atoms with E-state index in [-0.39, 0.29) is 5.92 Å². The van der Waals surface area contributed by atoms with Gasteiger partial charge in [0.1, 0.15) is 0 Å². The summed E-state index contributed by atoms with van der Waals surface area (Å²) in [5.41, 5.74) is 0. The summed E-state index contributed by atoms with van der Waals surface area (Å²) in [4.78, 5) is 14.2. The van der Waals surface area contributed by atoms with Crippen molar-refractivity contribution in [3.63, 3.8) is 0 Å². The maximum Gasteiger partial charge on any atom is 0.222 e. The summed E-state index contributed by atoms with van der Waals surface area (Å²) >= 11 is 0. The molecule has 1 unspecified atom stereocenters. The van der Waals surface area contributed by atoms with Gasteiger partial charge in [0.25, 0.3) is 0 Å². The van der Waals surface area contributed by atoms with Crippen molar-refractivity contribution in [1.29, 1.82) is 0 Å². The normalized spacial score (nSPS) is 23.6. The van der Waals surface area contributed by atoms with E-state index in [2.05, 4.69) is 20.6 Å². The molecule has 1 aliphatic carbocycles. The van der Waals surface area contributed by atoms with E-state index in [1.54, 1.807) is 0 Å². The van der Waals surface area contributed by atoms with Crippen molar-refractivity contribution in [2.45, 2.75) is 63.7 Å². The van der Waals surface area contributed by atoms with Crippen LogP contribution in [0.25, 0.3) is 0 Å². The number of carbonyl (C=O) groups excluding carboxylic acids is 1. The Morgan fingerprint density at radius 1 is 1.24 bits per heavy atom. The second kappa shape index (κ2) is 7.00. The SMILES string of the molecule is O=C(CCCC1CCCCC1)N1CCC(c2nn[nH]n2)C1. The average Bonchev–Trinajstić information content (AvgIpc) is 3.19. The lowest BCUT2D eigenvalue weighted by Crippen LogP contribution is -2.28. The number of aromatic amines is 1. The molecule has 1 aliphatic heterocycles. The van der Waals surface area contributed by atoms with E-state index >= 15 is 0 Å². The Labute approximate surface area is 125 Å². The van der Waals surface area contributed by atoms with E-state index in [1.165, 1.54) is 38.5 Å². The first kappa shape index (κ1) is 14.5. The zero-order valence-electron chi connectivity index (χ0n) is 12.6. The van der Waals surface area contributed by atoms with Gasteiger partial charge in [-0.25, -0.2) is 0 Å². The summed E-state index contributed by atoms with van der Waals surface area (Å²) in [5.74, 6) is 2.17. The Balaban J connectivity index is 1.38. The number of nitrogens with one attached hydrogen (secondary N) is 1. The van der Waals surface area contributed by atoms with Crippen LogP contribution in [0.2, 0.25) is 0 Å². The molecule has 2 aliphatic rings. The molecule has 0 bridgehead atoms. The first-order valence-corrected chi connectivity index (χ1v) is 8.34. The third-order valence-corrected chi connectivity index (χ3v) is 5.00. The topological polar surface area (TPSA) is 74.8 Å². The summed E-state index contributed by atoms with van der Waals surface area (Å²) in [6.45, 7) is 1.59. The molecule has 21 heavy (non-hydrogen) atoms. The molecule has 2 fully saturated rings. The van der Waals surface area contributed by atoms with Crippen LogP contribution in [0.15, 0.2) is 0 Å². The van der Waals surface area contributed by atoms with Crippen molar-refractivity contribution in [2.75, 3.05) is 13.1 Å². The molecule has 0 aromatic carbocycles. The van der Waals surface area contributed by atoms with E-state index in [1.807, 2.05) is 4.90 Å². The quantitative estimate of drug-likeness (QED) is 0.903. The highest BCUT2D eigenvalue weighted by molar-refractivity contribution is 5.76. The largest absolute Gasteiger partial charge is 0.342 e. The molecule has 1 atom stereocenters. The fourth-order valence-corrected chi connectivity index (χ4v) is 3.72. The van der Waals surface area contributed by atoms with Gasteiger partial charge in [0.05, 0.1) is 0 Å². The van der Waals surface area contributed by atoms with Gasteiger partial charge in [0, 0.05) is 25.4 Å². The minimum Gasteiger partial charge on any atom is -0.342 e. The molecule has 1 amide bonds. The smallest absolute Gasteiger partial charge is 0.222 e. The highest BCUT2D eigenvalue weighted by Crippen LogP contribution is 2.28. The van der Waals surface area contributed by atoms with Gasteiger partial charge in [-0.3, -0.25) is 4.79 Å². The predicted molar refractivity (Wildman–Crippen MR) is 78.5 cm³/mol. The van der Waals surface area contributed by atoms with Crippen LogP contribution >= 0.6 is 0 Å². The molecule has 2 heterocycles. The van der Waals surface area contributed by atoms with Gasteiger partial charge >= 0.3 is 0 Å². The Kier molecular flexibility index (Phi) is 4.83. The van der Waals surface area contributed by atoms with E-state index < -0.39 is 0 Å². The number of rotatable bonds is 5. The Morgan fingerprint density at radius 3 is 2.86 bits per heavy atom. The maximum atomic E-state index is 12.3. The monoisotopic (exact) mass is 291 g/mol. The highest BCUT2D eigenvalue weighted by atomic mass is 16.2. The molecule has 1 saturated carbocycles. The molecule has 1 aromatic rings. The van der Waals surface area contributed by atoms with Gasteiger partial charge in [-0.1, -0.05) is 37.3 Å². The predicted octanol–water partition coefficient (Wildman–Crippen LogP) is 2.27. The Hall–Kier alpha value is -1.46. The number of hydrogen-bond donors (Lipinski definition) is 1. The van der Waals surface area contributed by atoms with Crippen LogP contribution in [0.5, 0.6) is 0 Å². The van der Waals surface area contributed by atoms with Crippen LogP contribution in [-0.2, 0) is 4.79 Å². The molecule has 1 saturated heterocycles. The van der Waals surface area contributed by atoms with Gasteiger partial charge in [-0.05, 0) is 25.2 Å². The molecule has 6 heteroatoms. The highest BCUT2D eigenvalue weighted by Gasteiger charge is 2.29. The number of carbonyl (C=O) groups is 1. The van der Waals surface area contributed by atoms with Gasteiger partial charge in [-0.2, -0.15) is 5.21 Å². The maximum absolute atomic E-state index is 12.3. The van der Waals surface area contributed by atoms with Gasteiger partial charge in [0.2, 0.25) is 5.91 Å². The van der Waals surface area contributed by atoms with Gasteiger partial charge < -0.3 is 4.90 Å². The molecular weight excluding hydrogens is 266 g/mol. The number of aromatic nitrogens is 4. The van der Waals surface area contributed by atoms with Crippen molar-refractivity contribution in [2.24, 2.45) is 5.92 Å². The van der Waals surface area contributed by atoms with Crippen LogP contribution < -0.4 is 0 Å². The van der Waals surface area contributed by atoms with Crippen LogP contribution in [0.1, 0.15) is 69.5 Å². The Morgan fingerprint density at radius 2 is 2.10 bits per heavy atom. The summed E-state index contributed by atoms with van der Waals surface area (Å²) in [6, 6.07) is 0. The zero-order chi connectivity index (χ0) is 14.5. The third kappa shape index (κ3) is 3.80. The lowest BCUT2D eigenvalue weighted by Gasteiger charge is -2.22.